The van der Waals surface area contributed by atoms with Gasteiger partial charge < -0.3 is 5.73 Å². The van der Waals surface area contributed by atoms with Crippen LogP contribution in [-0.2, 0) is 7.05 Å². The summed E-state index contributed by atoms with van der Waals surface area (Å²) in [7, 11) is 1.89. The predicted molar refractivity (Wildman–Crippen MR) is 49.6 cm³/mol. The number of allylic oxidation sites excluding steroid dienone is 1. The van der Waals surface area contributed by atoms with Gasteiger partial charge in [0.2, 0.25) is 0 Å². The first kappa shape index (κ1) is 9.00. The zero-order valence-corrected chi connectivity index (χ0v) is 7.40. The second-order valence-electron chi connectivity index (χ2n) is 2.89. The molecule has 3 heteroatoms. The van der Waals surface area contributed by atoms with Crippen molar-refractivity contribution in [3.63, 3.8) is 0 Å². The van der Waals surface area contributed by atoms with Crippen molar-refractivity contribution in [2.24, 2.45) is 12.8 Å². The van der Waals surface area contributed by atoms with E-state index >= 15 is 0 Å². The highest BCUT2D eigenvalue weighted by molar-refractivity contribution is 5.04. The molecule has 0 aliphatic carbocycles. The molecule has 1 aromatic rings. The van der Waals surface area contributed by atoms with Crippen molar-refractivity contribution in [2.75, 3.05) is 0 Å². The van der Waals surface area contributed by atoms with Gasteiger partial charge >= 0.3 is 0 Å². The largest absolute Gasteiger partial charge is 0.323 e. The molecule has 0 saturated carbocycles. The Bertz CT molecular complexity index is 252. The molecule has 2 N–H and O–H groups in total. The lowest BCUT2D eigenvalue weighted by atomic mass is 10.1. The first-order valence-electron chi connectivity index (χ1n) is 4.10. The molecule has 0 fully saturated rings. The second-order valence-corrected chi connectivity index (χ2v) is 2.89. The topological polar surface area (TPSA) is 43.8 Å². The fourth-order valence-corrected chi connectivity index (χ4v) is 1.08. The molecule has 0 radical (unpaired) electrons. The van der Waals surface area contributed by atoms with Crippen molar-refractivity contribution in [1.82, 2.24) is 9.78 Å². The maximum absolute atomic E-state index is 5.87. The summed E-state index contributed by atoms with van der Waals surface area (Å²) in [5.41, 5.74) is 6.83. The molecule has 12 heavy (non-hydrogen) atoms. The molecule has 3 nitrogen and oxygen atoms in total. The Morgan fingerprint density at radius 3 is 3.08 bits per heavy atom. The van der Waals surface area contributed by atoms with Crippen molar-refractivity contribution in [2.45, 2.75) is 18.9 Å². The normalized spacial score (nSPS) is 12.8. The summed E-state index contributed by atoms with van der Waals surface area (Å²) in [6.07, 6.45) is 5.64. The average Bonchev–Trinajstić information content (AvgIpc) is 2.47. The number of aromatic nitrogens is 2. The van der Waals surface area contributed by atoms with Gasteiger partial charge in [0.05, 0.1) is 5.69 Å². The molecule has 0 spiro atoms. The lowest BCUT2D eigenvalue weighted by Gasteiger charge is -2.05. The van der Waals surface area contributed by atoms with E-state index in [1.54, 1.807) is 4.68 Å². The van der Waals surface area contributed by atoms with E-state index in [0.717, 1.165) is 18.5 Å². The van der Waals surface area contributed by atoms with Crippen LogP contribution in [0.4, 0.5) is 0 Å². The van der Waals surface area contributed by atoms with Crippen LogP contribution in [0.1, 0.15) is 24.6 Å². The van der Waals surface area contributed by atoms with Crippen LogP contribution >= 0.6 is 0 Å². The summed E-state index contributed by atoms with van der Waals surface area (Å²) < 4.78 is 1.77. The summed E-state index contributed by atoms with van der Waals surface area (Å²) in [5.74, 6) is 0. The molecule has 1 unspecified atom stereocenters. The van der Waals surface area contributed by atoms with Gasteiger partial charge in [0.15, 0.2) is 0 Å². The molecule has 0 bridgehead atoms. The fourth-order valence-electron chi connectivity index (χ4n) is 1.08. The Morgan fingerprint density at radius 2 is 2.58 bits per heavy atom. The minimum Gasteiger partial charge on any atom is -0.323 e. The Labute approximate surface area is 72.9 Å². The van der Waals surface area contributed by atoms with Crippen molar-refractivity contribution in [1.29, 1.82) is 0 Å². The molecular formula is C9H15N3. The Morgan fingerprint density at radius 1 is 1.83 bits per heavy atom. The third-order valence-electron chi connectivity index (χ3n) is 1.80. The average molecular weight is 165 g/mol. The van der Waals surface area contributed by atoms with Crippen LogP contribution in [0.25, 0.3) is 0 Å². The van der Waals surface area contributed by atoms with Crippen LogP contribution in [0.2, 0.25) is 0 Å². The summed E-state index contributed by atoms with van der Waals surface area (Å²) in [5, 5.41) is 4.22. The van der Waals surface area contributed by atoms with Gasteiger partial charge in [-0.05, 0) is 18.9 Å². The first-order chi connectivity index (χ1) is 5.74. The van der Waals surface area contributed by atoms with Crippen LogP contribution in [0.3, 0.4) is 0 Å². The van der Waals surface area contributed by atoms with E-state index in [-0.39, 0.29) is 6.04 Å². The highest BCUT2D eigenvalue weighted by atomic mass is 15.3. The third-order valence-corrected chi connectivity index (χ3v) is 1.80. The summed E-state index contributed by atoms with van der Waals surface area (Å²) in [4.78, 5) is 0. The van der Waals surface area contributed by atoms with E-state index in [1.807, 2.05) is 25.4 Å². The molecule has 1 rings (SSSR count). The van der Waals surface area contributed by atoms with Gasteiger partial charge in [-0.2, -0.15) is 5.10 Å². The standard InChI is InChI=1S/C9H15N3/c1-3-4-5-8(10)9-6-7-12(2)11-9/h3,6-8H,1,4-5,10H2,2H3. The van der Waals surface area contributed by atoms with Gasteiger partial charge in [-0.25, -0.2) is 0 Å². The monoisotopic (exact) mass is 165 g/mol. The number of aryl methyl sites for hydroxylation is 1. The molecule has 0 aliphatic rings. The Kier molecular flexibility index (Phi) is 3.05. The summed E-state index contributed by atoms with van der Waals surface area (Å²) in [6.45, 7) is 3.65. The SMILES string of the molecule is C=CCCC(N)c1ccn(C)n1. The Hall–Kier alpha value is -1.09. The molecule has 1 atom stereocenters. The lowest BCUT2D eigenvalue weighted by Crippen LogP contribution is -2.10. The maximum Gasteiger partial charge on any atom is 0.0791 e. The van der Waals surface area contributed by atoms with Gasteiger partial charge in [-0.3, -0.25) is 4.68 Å². The summed E-state index contributed by atoms with van der Waals surface area (Å²) in [6, 6.07) is 2.00. The molecular weight excluding hydrogens is 150 g/mol. The zero-order valence-electron chi connectivity index (χ0n) is 7.40. The van der Waals surface area contributed by atoms with Crippen molar-refractivity contribution in [3.05, 3.63) is 30.6 Å². The van der Waals surface area contributed by atoms with E-state index in [0.29, 0.717) is 0 Å². The van der Waals surface area contributed by atoms with Gasteiger partial charge in [0, 0.05) is 19.3 Å². The Balaban J connectivity index is 2.52. The van der Waals surface area contributed by atoms with E-state index < -0.39 is 0 Å². The zero-order chi connectivity index (χ0) is 8.97. The molecule has 0 aromatic carbocycles. The maximum atomic E-state index is 5.87. The lowest BCUT2D eigenvalue weighted by molar-refractivity contribution is 0.620. The van der Waals surface area contributed by atoms with Crippen LogP contribution in [0, 0.1) is 0 Å². The second kappa shape index (κ2) is 4.07. The number of nitrogens with two attached hydrogens (primary N) is 1. The smallest absolute Gasteiger partial charge is 0.0791 e. The quantitative estimate of drug-likeness (QED) is 0.685. The van der Waals surface area contributed by atoms with E-state index in [1.165, 1.54) is 0 Å². The molecule has 0 saturated heterocycles. The van der Waals surface area contributed by atoms with Gasteiger partial charge in [-0.15, -0.1) is 6.58 Å². The molecule has 1 aromatic heterocycles. The minimum absolute atomic E-state index is 0.0456. The highest BCUT2D eigenvalue weighted by Gasteiger charge is 2.06. The molecule has 66 valence electrons. The van der Waals surface area contributed by atoms with Crippen LogP contribution in [0.15, 0.2) is 24.9 Å². The number of nitrogens with zero attached hydrogens (tertiary/aromatic N) is 2. The van der Waals surface area contributed by atoms with E-state index in [9.17, 15) is 0 Å². The summed E-state index contributed by atoms with van der Waals surface area (Å²) >= 11 is 0. The molecule has 0 amide bonds. The number of rotatable bonds is 4. The van der Waals surface area contributed by atoms with E-state index in [2.05, 4.69) is 11.7 Å². The van der Waals surface area contributed by atoms with Crippen molar-refractivity contribution in [3.8, 4) is 0 Å². The van der Waals surface area contributed by atoms with Gasteiger partial charge in [-0.1, -0.05) is 6.08 Å². The van der Waals surface area contributed by atoms with Crippen LogP contribution in [-0.4, -0.2) is 9.78 Å². The minimum atomic E-state index is 0.0456. The predicted octanol–water partition coefficient (Wildman–Crippen LogP) is 1.39. The fraction of sp³-hybridized carbons (Fsp3) is 0.444. The molecule has 1 heterocycles. The van der Waals surface area contributed by atoms with E-state index in [4.69, 9.17) is 5.73 Å². The van der Waals surface area contributed by atoms with Crippen molar-refractivity contribution >= 4 is 0 Å². The van der Waals surface area contributed by atoms with Gasteiger partial charge in [0.25, 0.3) is 0 Å². The third kappa shape index (κ3) is 2.20. The highest BCUT2D eigenvalue weighted by Crippen LogP contribution is 2.12. The number of hydrogen-bond donors (Lipinski definition) is 1. The number of hydrogen-bond acceptors (Lipinski definition) is 2. The molecule has 0 aliphatic heterocycles. The van der Waals surface area contributed by atoms with Crippen LogP contribution in [0.5, 0.6) is 0 Å². The van der Waals surface area contributed by atoms with Crippen LogP contribution < -0.4 is 5.73 Å². The first-order valence-corrected chi connectivity index (χ1v) is 4.10. The van der Waals surface area contributed by atoms with Crippen molar-refractivity contribution < 1.29 is 0 Å². The van der Waals surface area contributed by atoms with Gasteiger partial charge in [0.1, 0.15) is 0 Å².